The van der Waals surface area contributed by atoms with Gasteiger partial charge in [-0.2, -0.15) is 0 Å². The minimum Gasteiger partial charge on any atom is -0.488 e. The second kappa shape index (κ2) is 6.69. The molecule has 2 aromatic carbocycles. The molecule has 0 saturated heterocycles. The summed E-state index contributed by atoms with van der Waals surface area (Å²) in [5, 5.41) is 3.39. The number of rotatable bonds is 2. The predicted octanol–water partition coefficient (Wildman–Crippen LogP) is 3.66. The van der Waals surface area contributed by atoms with Crippen molar-refractivity contribution in [3.05, 3.63) is 70.8 Å². The summed E-state index contributed by atoms with van der Waals surface area (Å²) in [5.41, 5.74) is 3.04. The van der Waals surface area contributed by atoms with Crippen molar-refractivity contribution in [1.29, 1.82) is 0 Å². The molecule has 0 bridgehead atoms. The molecule has 2 heterocycles. The Morgan fingerprint density at radius 1 is 1.23 bits per heavy atom. The van der Waals surface area contributed by atoms with E-state index in [9.17, 15) is 9.59 Å². The van der Waals surface area contributed by atoms with Crippen LogP contribution in [0.2, 0.25) is 5.02 Å². The number of ether oxygens (including phenoxy) is 1. The Labute approximate surface area is 155 Å². The lowest BCUT2D eigenvalue weighted by Gasteiger charge is -2.28. The molecule has 0 aliphatic carbocycles. The fourth-order valence-corrected chi connectivity index (χ4v) is 3.14. The molecule has 1 N–H and O–H groups in total. The summed E-state index contributed by atoms with van der Waals surface area (Å²) in [6, 6.07) is 12.6. The molecule has 26 heavy (non-hydrogen) atoms. The van der Waals surface area contributed by atoms with Crippen molar-refractivity contribution in [2.75, 3.05) is 23.4 Å². The highest BCUT2D eigenvalue weighted by atomic mass is 35.5. The number of carbonyl (C=O) groups is 2. The molecule has 0 spiro atoms. The smallest absolute Gasteiger partial charge is 0.251 e. The maximum Gasteiger partial charge on any atom is 0.251 e. The van der Waals surface area contributed by atoms with Crippen LogP contribution < -0.4 is 15.0 Å². The molecule has 0 saturated carbocycles. The van der Waals surface area contributed by atoms with Gasteiger partial charge in [0.15, 0.2) is 0 Å². The SMILES string of the molecule is O=C1CN(C(=O)C=CC2=Cc3cc(Cl)ccc3OC2)c2ccccc2N1. The molecule has 5 nitrogen and oxygen atoms in total. The second-order valence-corrected chi connectivity index (χ2v) is 6.45. The maximum atomic E-state index is 12.6. The Morgan fingerprint density at radius 3 is 2.96 bits per heavy atom. The summed E-state index contributed by atoms with van der Waals surface area (Å²) in [7, 11) is 0. The van der Waals surface area contributed by atoms with Crippen LogP contribution in [0.25, 0.3) is 6.08 Å². The average Bonchev–Trinajstić information content (AvgIpc) is 2.65. The molecule has 2 aromatic rings. The van der Waals surface area contributed by atoms with Crippen LogP contribution in [0.15, 0.2) is 60.2 Å². The van der Waals surface area contributed by atoms with Gasteiger partial charge in [-0.25, -0.2) is 0 Å². The lowest BCUT2D eigenvalue weighted by molar-refractivity contribution is -0.119. The minimum atomic E-state index is -0.259. The van der Waals surface area contributed by atoms with Crippen molar-refractivity contribution in [2.45, 2.75) is 0 Å². The third-order valence-electron chi connectivity index (χ3n) is 4.18. The Hall–Kier alpha value is -3.05. The monoisotopic (exact) mass is 366 g/mol. The first kappa shape index (κ1) is 16.4. The summed E-state index contributed by atoms with van der Waals surface area (Å²) in [6.45, 7) is 0.365. The van der Waals surface area contributed by atoms with Gasteiger partial charge in [0.1, 0.15) is 18.9 Å². The van der Waals surface area contributed by atoms with Crippen LogP contribution in [0.1, 0.15) is 5.56 Å². The molecular weight excluding hydrogens is 352 g/mol. The number of fused-ring (bicyclic) bond motifs is 2. The van der Waals surface area contributed by atoms with Crippen molar-refractivity contribution in [3.8, 4) is 5.75 Å². The summed E-state index contributed by atoms with van der Waals surface area (Å²) >= 11 is 6.01. The molecule has 6 heteroatoms. The van der Waals surface area contributed by atoms with Crippen LogP contribution in [0, 0.1) is 0 Å². The fourth-order valence-electron chi connectivity index (χ4n) is 2.96. The molecule has 4 rings (SSSR count). The van der Waals surface area contributed by atoms with E-state index in [4.69, 9.17) is 16.3 Å². The van der Waals surface area contributed by atoms with E-state index >= 15 is 0 Å². The van der Waals surface area contributed by atoms with Gasteiger partial charge >= 0.3 is 0 Å². The number of hydrogen-bond donors (Lipinski definition) is 1. The molecule has 2 amide bonds. The summed E-state index contributed by atoms with van der Waals surface area (Å²) in [6.07, 6.45) is 5.10. The molecule has 0 atom stereocenters. The predicted molar refractivity (Wildman–Crippen MR) is 101 cm³/mol. The topological polar surface area (TPSA) is 58.6 Å². The van der Waals surface area contributed by atoms with E-state index in [2.05, 4.69) is 5.32 Å². The van der Waals surface area contributed by atoms with Crippen LogP contribution >= 0.6 is 11.6 Å². The van der Waals surface area contributed by atoms with E-state index in [1.807, 2.05) is 36.4 Å². The Morgan fingerprint density at radius 2 is 2.08 bits per heavy atom. The Kier molecular flexibility index (Phi) is 4.22. The molecule has 0 radical (unpaired) electrons. The summed E-state index contributed by atoms with van der Waals surface area (Å²) < 4.78 is 5.67. The van der Waals surface area contributed by atoms with Gasteiger partial charge in [0.25, 0.3) is 5.91 Å². The second-order valence-electron chi connectivity index (χ2n) is 6.01. The minimum absolute atomic E-state index is 0.00578. The van der Waals surface area contributed by atoms with Crippen LogP contribution in [0.5, 0.6) is 5.75 Å². The first-order chi connectivity index (χ1) is 12.6. The molecular formula is C20H15ClN2O3. The number of anilines is 2. The van der Waals surface area contributed by atoms with E-state index in [-0.39, 0.29) is 18.4 Å². The summed E-state index contributed by atoms with van der Waals surface area (Å²) in [4.78, 5) is 25.9. The van der Waals surface area contributed by atoms with Crippen molar-refractivity contribution in [2.24, 2.45) is 0 Å². The van der Waals surface area contributed by atoms with Crippen LogP contribution in [-0.4, -0.2) is 25.0 Å². The largest absolute Gasteiger partial charge is 0.488 e. The third-order valence-corrected chi connectivity index (χ3v) is 4.42. The number of carbonyl (C=O) groups excluding carboxylic acids is 2. The lowest BCUT2D eigenvalue weighted by atomic mass is 10.1. The molecule has 2 aliphatic rings. The molecule has 0 unspecified atom stereocenters. The van der Waals surface area contributed by atoms with E-state index in [1.54, 1.807) is 18.2 Å². The zero-order valence-corrected chi connectivity index (χ0v) is 14.5. The van der Waals surface area contributed by atoms with Crippen molar-refractivity contribution in [1.82, 2.24) is 0 Å². The highest BCUT2D eigenvalue weighted by Crippen LogP contribution is 2.30. The van der Waals surface area contributed by atoms with Gasteiger partial charge in [-0.05, 0) is 42.0 Å². The average molecular weight is 367 g/mol. The normalized spacial score (nSPS) is 15.7. The molecule has 130 valence electrons. The van der Waals surface area contributed by atoms with Gasteiger partial charge in [0, 0.05) is 16.7 Å². The molecule has 2 aliphatic heterocycles. The first-order valence-corrected chi connectivity index (χ1v) is 8.49. The number of benzene rings is 2. The highest BCUT2D eigenvalue weighted by Gasteiger charge is 2.25. The standard InChI is InChI=1S/C20H15ClN2O3/c21-15-6-7-18-14(10-15)9-13(12-26-18)5-8-20(25)23-11-19(24)22-16-3-1-2-4-17(16)23/h1-10H,11-12H2,(H,22,24). The van der Waals surface area contributed by atoms with E-state index in [0.717, 1.165) is 16.9 Å². The number of nitrogens with zero attached hydrogens (tertiary/aromatic N) is 1. The van der Waals surface area contributed by atoms with Crippen molar-refractivity contribution >= 4 is 40.9 Å². The number of amides is 2. The van der Waals surface area contributed by atoms with Gasteiger partial charge in [-0.3, -0.25) is 14.5 Å². The Balaban J connectivity index is 1.56. The van der Waals surface area contributed by atoms with E-state index in [1.165, 1.54) is 11.0 Å². The van der Waals surface area contributed by atoms with Gasteiger partial charge in [0.2, 0.25) is 5.91 Å². The molecule has 0 aromatic heterocycles. The third kappa shape index (κ3) is 3.21. The van der Waals surface area contributed by atoms with Crippen LogP contribution in [0.3, 0.4) is 0 Å². The van der Waals surface area contributed by atoms with Crippen LogP contribution in [-0.2, 0) is 9.59 Å². The quantitative estimate of drug-likeness (QED) is 0.825. The number of para-hydroxylation sites is 2. The number of hydrogen-bond acceptors (Lipinski definition) is 3. The van der Waals surface area contributed by atoms with Gasteiger partial charge in [-0.15, -0.1) is 0 Å². The first-order valence-electron chi connectivity index (χ1n) is 8.11. The van der Waals surface area contributed by atoms with Crippen LogP contribution in [0.4, 0.5) is 11.4 Å². The highest BCUT2D eigenvalue weighted by molar-refractivity contribution is 6.30. The zero-order valence-electron chi connectivity index (χ0n) is 13.7. The lowest BCUT2D eigenvalue weighted by Crippen LogP contribution is -2.41. The van der Waals surface area contributed by atoms with E-state index in [0.29, 0.717) is 23.0 Å². The number of halogens is 1. The Bertz CT molecular complexity index is 965. The van der Waals surface area contributed by atoms with E-state index < -0.39 is 0 Å². The van der Waals surface area contributed by atoms with Crippen molar-refractivity contribution < 1.29 is 14.3 Å². The van der Waals surface area contributed by atoms with Gasteiger partial charge < -0.3 is 10.1 Å². The summed E-state index contributed by atoms with van der Waals surface area (Å²) in [5.74, 6) is 0.291. The molecule has 0 fully saturated rings. The maximum absolute atomic E-state index is 12.6. The van der Waals surface area contributed by atoms with Crippen molar-refractivity contribution in [3.63, 3.8) is 0 Å². The fraction of sp³-hybridized carbons (Fsp3) is 0.100. The van der Waals surface area contributed by atoms with Gasteiger partial charge in [-0.1, -0.05) is 29.8 Å². The zero-order chi connectivity index (χ0) is 18.1. The number of nitrogens with one attached hydrogen (secondary N) is 1. The van der Waals surface area contributed by atoms with Gasteiger partial charge in [0.05, 0.1) is 11.4 Å².